The minimum absolute atomic E-state index is 0.0750. The summed E-state index contributed by atoms with van der Waals surface area (Å²) in [5, 5.41) is 33.5. The molecule has 0 bridgehead atoms. The Labute approximate surface area is 233 Å². The Balaban J connectivity index is 1.75. The third kappa shape index (κ3) is 7.68. The van der Waals surface area contributed by atoms with Crippen LogP contribution in [-0.2, 0) is 15.9 Å². The monoisotopic (exact) mass is 550 g/mol. The maximum Gasteiger partial charge on any atom is 0.148 e. The van der Waals surface area contributed by atoms with E-state index >= 15 is 4.57 Å². The van der Waals surface area contributed by atoms with E-state index in [0.717, 1.165) is 31.2 Å². The van der Waals surface area contributed by atoms with Crippen LogP contribution in [0.3, 0.4) is 0 Å². The van der Waals surface area contributed by atoms with Gasteiger partial charge in [0, 0.05) is 17.2 Å². The molecular weight excluding hydrogens is 507 g/mol. The van der Waals surface area contributed by atoms with Crippen LogP contribution in [0.5, 0.6) is 0 Å². The summed E-state index contributed by atoms with van der Waals surface area (Å²) in [6.45, 7) is 0.368. The summed E-state index contributed by atoms with van der Waals surface area (Å²) in [5.41, 5.74) is 0.325. The van der Waals surface area contributed by atoms with Gasteiger partial charge in [0.25, 0.3) is 0 Å². The molecule has 210 valence electrons. The molecule has 3 N–H and O–H groups in total. The standard InChI is InChI=1S/C33H43O5P/c34-23-13-22-30(35)33(36)32(39(37,28-18-9-3-10-19-28)29-20-11-4-12-21-29)24-31(27-16-7-2-8-17-27)38-25-26-14-5-1-6-15-26/h1,3-6,9-12,14-15,18-21,27,30-36H,2,7-8,13,16-17,22-25H2/t30-,31+,32+,33+/m1/s1. The first-order valence-corrected chi connectivity index (χ1v) is 16.1. The molecule has 0 spiro atoms. The predicted octanol–water partition coefficient (Wildman–Crippen LogP) is 5.42. The highest BCUT2D eigenvalue weighted by atomic mass is 31.2. The third-order valence-corrected chi connectivity index (χ3v) is 11.7. The summed E-state index contributed by atoms with van der Waals surface area (Å²) in [4.78, 5) is 0. The molecule has 4 atom stereocenters. The molecule has 0 amide bonds. The summed E-state index contributed by atoms with van der Waals surface area (Å²) < 4.78 is 22.1. The second kappa shape index (κ2) is 14.9. The summed E-state index contributed by atoms with van der Waals surface area (Å²) in [6, 6.07) is 28.8. The maximum absolute atomic E-state index is 15.5. The minimum Gasteiger partial charge on any atom is -0.396 e. The van der Waals surface area contributed by atoms with Crippen LogP contribution in [0.4, 0.5) is 0 Å². The van der Waals surface area contributed by atoms with Crippen LogP contribution in [0.25, 0.3) is 0 Å². The molecule has 1 aliphatic carbocycles. The number of hydrogen-bond acceptors (Lipinski definition) is 5. The highest BCUT2D eigenvalue weighted by Gasteiger charge is 2.45. The lowest BCUT2D eigenvalue weighted by atomic mass is 9.83. The largest absolute Gasteiger partial charge is 0.396 e. The smallest absolute Gasteiger partial charge is 0.148 e. The average molecular weight is 551 g/mol. The van der Waals surface area contributed by atoms with E-state index in [4.69, 9.17) is 4.74 Å². The van der Waals surface area contributed by atoms with Crippen LogP contribution in [0.1, 0.15) is 56.9 Å². The van der Waals surface area contributed by atoms with Crippen molar-refractivity contribution in [3.63, 3.8) is 0 Å². The lowest BCUT2D eigenvalue weighted by Gasteiger charge is -2.39. The van der Waals surface area contributed by atoms with Crippen molar-refractivity contribution in [1.82, 2.24) is 0 Å². The molecule has 0 saturated heterocycles. The topological polar surface area (TPSA) is 87.0 Å². The Kier molecular flexibility index (Phi) is 11.4. The van der Waals surface area contributed by atoms with Gasteiger partial charge in [-0.05, 0) is 43.6 Å². The number of hydrogen-bond donors (Lipinski definition) is 3. The van der Waals surface area contributed by atoms with Gasteiger partial charge < -0.3 is 24.6 Å². The minimum atomic E-state index is -3.43. The average Bonchev–Trinajstić information content (AvgIpc) is 3.01. The van der Waals surface area contributed by atoms with Gasteiger partial charge in [-0.1, -0.05) is 110 Å². The van der Waals surface area contributed by atoms with Gasteiger partial charge in [0.05, 0.1) is 30.6 Å². The number of rotatable bonds is 14. The summed E-state index contributed by atoms with van der Waals surface area (Å²) in [7, 11) is -3.43. The second-order valence-electron chi connectivity index (χ2n) is 10.8. The first kappa shape index (κ1) is 29.7. The van der Waals surface area contributed by atoms with Crippen molar-refractivity contribution in [3.05, 3.63) is 96.6 Å². The zero-order chi connectivity index (χ0) is 27.5. The van der Waals surface area contributed by atoms with Crippen LogP contribution in [0, 0.1) is 5.92 Å². The van der Waals surface area contributed by atoms with Gasteiger partial charge in [-0.3, -0.25) is 0 Å². The molecule has 0 unspecified atom stereocenters. The lowest BCUT2D eigenvalue weighted by Crippen LogP contribution is -2.45. The van der Waals surface area contributed by atoms with E-state index in [9.17, 15) is 15.3 Å². The van der Waals surface area contributed by atoms with Crippen molar-refractivity contribution in [1.29, 1.82) is 0 Å². The van der Waals surface area contributed by atoms with E-state index < -0.39 is 25.0 Å². The third-order valence-electron chi connectivity index (χ3n) is 8.15. The van der Waals surface area contributed by atoms with E-state index in [1.54, 1.807) is 0 Å². The molecule has 0 radical (unpaired) electrons. The first-order valence-electron chi connectivity index (χ1n) is 14.4. The Morgan fingerprint density at radius 2 is 1.33 bits per heavy atom. The molecule has 1 saturated carbocycles. The Morgan fingerprint density at radius 1 is 0.795 bits per heavy atom. The summed E-state index contributed by atoms with van der Waals surface area (Å²) in [5.74, 6) is 0.298. The molecule has 1 aliphatic rings. The fourth-order valence-corrected chi connectivity index (χ4v) is 9.41. The van der Waals surface area contributed by atoms with Crippen molar-refractivity contribution in [3.8, 4) is 0 Å². The number of benzene rings is 3. The summed E-state index contributed by atoms with van der Waals surface area (Å²) >= 11 is 0. The molecule has 0 aliphatic heterocycles. The van der Waals surface area contributed by atoms with Crippen molar-refractivity contribution >= 4 is 17.8 Å². The number of aliphatic hydroxyl groups is 3. The van der Waals surface area contributed by atoms with Gasteiger partial charge in [0.15, 0.2) is 0 Å². The SMILES string of the molecule is O=P(c1ccccc1)(c1ccccc1)[C@@H](C[C@H](OCc1ccccc1)C1CCCCC1)[C@@H](O)[C@H](O)CCCO. The lowest BCUT2D eigenvalue weighted by molar-refractivity contribution is -0.0370. The molecule has 0 aromatic heterocycles. The van der Waals surface area contributed by atoms with E-state index in [1.165, 1.54) is 6.42 Å². The molecule has 3 aromatic carbocycles. The Hall–Kier alpha value is -2.27. The van der Waals surface area contributed by atoms with E-state index in [0.29, 0.717) is 36.0 Å². The van der Waals surface area contributed by atoms with Gasteiger partial charge >= 0.3 is 0 Å². The summed E-state index contributed by atoms with van der Waals surface area (Å²) in [6.07, 6.45) is 3.96. The van der Waals surface area contributed by atoms with Crippen LogP contribution in [-0.4, -0.2) is 45.9 Å². The van der Waals surface area contributed by atoms with Crippen LogP contribution < -0.4 is 10.6 Å². The van der Waals surface area contributed by atoms with Crippen molar-refractivity contribution < 1.29 is 24.6 Å². The fraction of sp³-hybridized carbons (Fsp3) is 0.455. The van der Waals surface area contributed by atoms with Gasteiger partial charge in [-0.2, -0.15) is 0 Å². The highest BCUT2D eigenvalue weighted by molar-refractivity contribution is 7.79. The molecule has 6 heteroatoms. The fourth-order valence-electron chi connectivity index (χ4n) is 5.98. The second-order valence-corrected chi connectivity index (χ2v) is 13.8. The van der Waals surface area contributed by atoms with E-state index in [-0.39, 0.29) is 19.1 Å². The number of ether oxygens (including phenoxy) is 1. The first-order chi connectivity index (χ1) is 19.0. The normalized spacial score (nSPS) is 17.8. The molecule has 5 nitrogen and oxygen atoms in total. The maximum atomic E-state index is 15.5. The Morgan fingerprint density at radius 3 is 1.87 bits per heavy atom. The van der Waals surface area contributed by atoms with Crippen molar-refractivity contribution in [2.45, 2.75) is 81.9 Å². The van der Waals surface area contributed by atoms with Gasteiger partial charge in [0.1, 0.15) is 7.14 Å². The van der Waals surface area contributed by atoms with Crippen molar-refractivity contribution in [2.24, 2.45) is 5.92 Å². The highest BCUT2D eigenvalue weighted by Crippen LogP contribution is 2.53. The van der Waals surface area contributed by atoms with Gasteiger partial charge in [0.2, 0.25) is 0 Å². The molecular formula is C33H43O5P. The zero-order valence-electron chi connectivity index (χ0n) is 22.7. The predicted molar refractivity (Wildman–Crippen MR) is 158 cm³/mol. The molecule has 3 aromatic rings. The van der Waals surface area contributed by atoms with Gasteiger partial charge in [-0.25, -0.2) is 0 Å². The van der Waals surface area contributed by atoms with Crippen molar-refractivity contribution in [2.75, 3.05) is 6.61 Å². The van der Waals surface area contributed by atoms with E-state index in [1.807, 2.05) is 91.0 Å². The molecule has 39 heavy (non-hydrogen) atoms. The van der Waals surface area contributed by atoms with Crippen LogP contribution in [0.15, 0.2) is 91.0 Å². The van der Waals surface area contributed by atoms with Gasteiger partial charge in [-0.15, -0.1) is 0 Å². The zero-order valence-corrected chi connectivity index (χ0v) is 23.6. The van der Waals surface area contributed by atoms with Crippen LogP contribution >= 0.6 is 7.14 Å². The van der Waals surface area contributed by atoms with E-state index in [2.05, 4.69) is 0 Å². The Bertz CT molecular complexity index is 1090. The number of aliphatic hydroxyl groups excluding tert-OH is 3. The quantitative estimate of drug-likeness (QED) is 0.234. The van der Waals surface area contributed by atoms with Crippen LogP contribution in [0.2, 0.25) is 0 Å². The molecule has 4 rings (SSSR count). The molecule has 0 heterocycles. The molecule has 1 fully saturated rings.